The van der Waals surface area contributed by atoms with Crippen molar-refractivity contribution in [3.8, 4) is 0 Å². The van der Waals surface area contributed by atoms with Gasteiger partial charge in [0.05, 0.1) is 0 Å². The van der Waals surface area contributed by atoms with Crippen LogP contribution in [0.4, 0.5) is 0 Å². The second kappa shape index (κ2) is 11.3. The van der Waals surface area contributed by atoms with Gasteiger partial charge in [-0.2, -0.15) is 0 Å². The van der Waals surface area contributed by atoms with Crippen LogP contribution >= 0.6 is 11.6 Å². The Morgan fingerprint density at radius 3 is 2.12 bits per heavy atom. The molecule has 1 aromatic heterocycles. The number of aromatic nitrogens is 1. The number of nitrogens with zero attached hydrogens (tertiary/aromatic N) is 2. The molecule has 2 rings (SSSR count). The Hall–Kier alpha value is 0.199. The van der Waals surface area contributed by atoms with Gasteiger partial charge >= 0.3 is 172 Å². The van der Waals surface area contributed by atoms with E-state index in [-0.39, 0.29) is 0 Å². The Morgan fingerprint density at radius 2 is 1.65 bits per heavy atom. The molecule has 0 spiro atoms. The molecule has 1 aromatic rings. The van der Waals surface area contributed by atoms with Gasteiger partial charge in [-0.15, -0.1) is 0 Å². The quantitative estimate of drug-likeness (QED) is 0.261. The van der Waals surface area contributed by atoms with E-state index < -0.39 is 18.4 Å². The molecule has 0 N–H and O–H groups in total. The van der Waals surface area contributed by atoms with Crippen molar-refractivity contribution in [2.45, 2.75) is 91.5 Å². The summed E-state index contributed by atoms with van der Waals surface area (Å²) < 4.78 is 5.91. The van der Waals surface area contributed by atoms with Crippen molar-refractivity contribution in [3.63, 3.8) is 0 Å². The molecule has 0 radical (unpaired) electrons. The Labute approximate surface area is 171 Å². The van der Waals surface area contributed by atoms with Crippen LogP contribution in [0, 0.1) is 0 Å². The number of unbranched alkanes of at least 4 members (excludes halogenated alkanes) is 3. The molecule has 0 aliphatic carbocycles. The predicted octanol–water partition coefficient (Wildman–Crippen LogP) is 6.56. The zero-order valence-corrected chi connectivity index (χ0v) is 21.1. The molecule has 1 fully saturated rings. The van der Waals surface area contributed by atoms with Gasteiger partial charge < -0.3 is 0 Å². The number of hydrogen-bond donors (Lipinski definition) is 0. The Balaban J connectivity index is 2.42. The summed E-state index contributed by atoms with van der Waals surface area (Å²) in [7, 11) is 2.26. The first-order valence-corrected chi connectivity index (χ1v) is 18.8. The van der Waals surface area contributed by atoms with Crippen LogP contribution in [0.15, 0.2) is 12.3 Å². The molecule has 0 unspecified atom stereocenters. The average molecular weight is 486 g/mol. The third-order valence-electron chi connectivity index (χ3n) is 6.36. The van der Waals surface area contributed by atoms with Crippen molar-refractivity contribution in [2.75, 3.05) is 13.6 Å². The van der Waals surface area contributed by atoms with Gasteiger partial charge in [0.15, 0.2) is 0 Å². The van der Waals surface area contributed by atoms with Crippen LogP contribution in [-0.2, 0) is 0 Å². The van der Waals surface area contributed by atoms with E-state index in [1.807, 2.05) is 0 Å². The molecule has 0 amide bonds. The number of halogens is 1. The van der Waals surface area contributed by atoms with Gasteiger partial charge in [-0.05, 0) is 0 Å². The summed E-state index contributed by atoms with van der Waals surface area (Å²) in [5, 5.41) is 0.841. The Bertz CT molecular complexity index is 527. The SMILES string of the molecule is CCC[CH2][Sn]([CH2]CCC)([CH2]CCC)[c]1cc([C@@H]2CCCN2C)cnc1Cl. The molecule has 2 heterocycles. The summed E-state index contributed by atoms with van der Waals surface area (Å²) >= 11 is 4.27. The van der Waals surface area contributed by atoms with Crippen LogP contribution in [0.5, 0.6) is 0 Å². The van der Waals surface area contributed by atoms with Gasteiger partial charge in [-0.3, -0.25) is 0 Å². The van der Waals surface area contributed by atoms with Gasteiger partial charge in [-0.25, -0.2) is 0 Å². The zero-order chi connectivity index (χ0) is 19.0. The van der Waals surface area contributed by atoms with Crippen LogP contribution < -0.4 is 3.58 Å². The molecule has 2 nitrogen and oxygen atoms in total. The normalized spacial score (nSPS) is 18.6. The van der Waals surface area contributed by atoms with Crippen molar-refractivity contribution in [1.29, 1.82) is 0 Å². The fourth-order valence-corrected chi connectivity index (χ4v) is 22.2. The molecule has 1 atom stereocenters. The fraction of sp³-hybridized carbons (Fsp3) is 0.773. The summed E-state index contributed by atoms with van der Waals surface area (Å²) in [5.41, 5.74) is 1.43. The van der Waals surface area contributed by atoms with Crippen molar-refractivity contribution in [2.24, 2.45) is 0 Å². The number of likely N-dealkylation sites (tertiary alicyclic amines) is 1. The van der Waals surface area contributed by atoms with E-state index in [2.05, 4.69) is 45.0 Å². The molecule has 0 bridgehead atoms. The summed E-state index contributed by atoms with van der Waals surface area (Å²) in [6.07, 6.45) is 12.6. The molecular weight excluding hydrogens is 446 g/mol. The predicted molar refractivity (Wildman–Crippen MR) is 118 cm³/mol. The van der Waals surface area contributed by atoms with Crippen LogP contribution in [0.3, 0.4) is 0 Å². The van der Waals surface area contributed by atoms with Crippen molar-refractivity contribution >= 4 is 33.6 Å². The summed E-state index contributed by atoms with van der Waals surface area (Å²) in [6.45, 7) is 8.21. The maximum absolute atomic E-state index is 6.79. The van der Waals surface area contributed by atoms with Crippen molar-refractivity contribution in [3.05, 3.63) is 23.0 Å². The average Bonchev–Trinajstić information content (AvgIpc) is 3.08. The molecule has 4 heteroatoms. The van der Waals surface area contributed by atoms with E-state index in [1.165, 1.54) is 76.8 Å². The summed E-state index contributed by atoms with van der Waals surface area (Å²) in [6, 6.07) is 3.07. The van der Waals surface area contributed by atoms with E-state index in [9.17, 15) is 0 Å². The van der Waals surface area contributed by atoms with E-state index in [0.29, 0.717) is 6.04 Å². The first kappa shape index (κ1) is 22.5. The van der Waals surface area contributed by atoms with E-state index in [1.54, 1.807) is 3.58 Å². The van der Waals surface area contributed by atoms with Crippen LogP contribution in [-0.4, -0.2) is 41.9 Å². The molecule has 0 aromatic carbocycles. The molecule has 1 saturated heterocycles. The monoisotopic (exact) mass is 486 g/mol. The van der Waals surface area contributed by atoms with Crippen LogP contribution in [0.2, 0.25) is 18.5 Å². The number of pyridine rings is 1. The first-order valence-electron chi connectivity index (χ1n) is 10.9. The molecule has 0 saturated carbocycles. The van der Waals surface area contributed by atoms with E-state index >= 15 is 0 Å². The zero-order valence-electron chi connectivity index (χ0n) is 17.5. The third kappa shape index (κ3) is 5.61. The standard InChI is InChI=1S/C10H12ClN2.3C4H9.Sn/c1-13-6-2-3-9(13)8-4-5-10(11)12-7-8;3*1-3-4-2;/h4,7,9H,2-3,6H2,1H3;3*1,3-4H2,2H3;/t9-;;;;/m0..../s1. The van der Waals surface area contributed by atoms with E-state index in [4.69, 9.17) is 16.6 Å². The Kier molecular flexibility index (Phi) is 9.74. The molecule has 26 heavy (non-hydrogen) atoms. The van der Waals surface area contributed by atoms with Gasteiger partial charge in [0, 0.05) is 0 Å². The van der Waals surface area contributed by atoms with E-state index in [0.717, 1.165) is 5.15 Å². The minimum absolute atomic E-state index is 0.547. The maximum atomic E-state index is 6.79. The van der Waals surface area contributed by atoms with Crippen LogP contribution in [0.1, 0.15) is 83.7 Å². The fourth-order valence-electron chi connectivity index (χ4n) is 4.67. The summed E-state index contributed by atoms with van der Waals surface area (Å²) in [5.74, 6) is 0. The first-order chi connectivity index (χ1) is 12.6. The van der Waals surface area contributed by atoms with Gasteiger partial charge in [0.25, 0.3) is 0 Å². The summed E-state index contributed by atoms with van der Waals surface area (Å²) in [4.78, 5) is 7.24. The topological polar surface area (TPSA) is 16.1 Å². The molecular formula is C22H39ClN2Sn. The van der Waals surface area contributed by atoms with Gasteiger partial charge in [0.1, 0.15) is 0 Å². The van der Waals surface area contributed by atoms with Crippen LogP contribution in [0.25, 0.3) is 0 Å². The molecule has 148 valence electrons. The molecule has 1 aliphatic heterocycles. The molecule has 1 aliphatic rings. The Morgan fingerprint density at radius 1 is 1.08 bits per heavy atom. The minimum atomic E-state index is -2.52. The van der Waals surface area contributed by atoms with Crippen molar-refractivity contribution < 1.29 is 0 Å². The number of hydrogen-bond acceptors (Lipinski definition) is 2. The second-order valence-electron chi connectivity index (χ2n) is 8.34. The number of rotatable bonds is 11. The van der Waals surface area contributed by atoms with Gasteiger partial charge in [-0.1, -0.05) is 0 Å². The van der Waals surface area contributed by atoms with Crippen molar-refractivity contribution in [1.82, 2.24) is 9.88 Å². The second-order valence-corrected chi connectivity index (χ2v) is 21.8. The third-order valence-corrected chi connectivity index (χ3v) is 22.7. The van der Waals surface area contributed by atoms with Gasteiger partial charge in [0.2, 0.25) is 0 Å².